The van der Waals surface area contributed by atoms with Crippen LogP contribution in [0.3, 0.4) is 0 Å². The van der Waals surface area contributed by atoms with Crippen LogP contribution < -0.4 is 24.3 Å². The van der Waals surface area contributed by atoms with E-state index in [-0.39, 0.29) is 23.9 Å². The second kappa shape index (κ2) is 12.1. The van der Waals surface area contributed by atoms with E-state index < -0.39 is 6.10 Å². The molecule has 40 heavy (non-hydrogen) atoms. The van der Waals surface area contributed by atoms with Crippen molar-refractivity contribution in [3.05, 3.63) is 83.2 Å². The van der Waals surface area contributed by atoms with Gasteiger partial charge < -0.3 is 34.3 Å². The highest BCUT2D eigenvalue weighted by molar-refractivity contribution is 5.96. The van der Waals surface area contributed by atoms with Crippen molar-refractivity contribution in [3.8, 4) is 23.0 Å². The third-order valence-corrected chi connectivity index (χ3v) is 7.52. The number of rotatable bonds is 10. The highest BCUT2D eigenvalue weighted by Gasteiger charge is 2.42. The van der Waals surface area contributed by atoms with Gasteiger partial charge in [0.2, 0.25) is 0 Å². The van der Waals surface area contributed by atoms with E-state index in [2.05, 4.69) is 10.2 Å². The number of nitrogens with zero attached hydrogens (tertiary/aromatic N) is 1. The molecule has 0 aromatic heterocycles. The van der Waals surface area contributed by atoms with Crippen molar-refractivity contribution in [1.82, 2.24) is 10.2 Å². The summed E-state index contributed by atoms with van der Waals surface area (Å²) in [5.74, 6) is 1.90. The van der Waals surface area contributed by atoms with E-state index in [0.29, 0.717) is 36.6 Å². The fraction of sp³-hybridized carbons (Fsp3) is 0.387. The number of ether oxygens (including phenoxy) is 4. The van der Waals surface area contributed by atoms with Gasteiger partial charge in [0, 0.05) is 57.6 Å². The number of fused-ring (bicyclic) bond motifs is 1. The van der Waals surface area contributed by atoms with Crippen LogP contribution in [-0.4, -0.2) is 68.0 Å². The van der Waals surface area contributed by atoms with E-state index in [4.69, 9.17) is 18.9 Å². The predicted molar refractivity (Wildman–Crippen MR) is 148 cm³/mol. The molecule has 1 amide bonds. The Morgan fingerprint density at radius 2 is 1.82 bits per heavy atom. The van der Waals surface area contributed by atoms with Gasteiger partial charge in [-0.15, -0.1) is 0 Å². The molecule has 2 aliphatic heterocycles. The molecule has 0 saturated carbocycles. The first-order valence-corrected chi connectivity index (χ1v) is 13.5. The third kappa shape index (κ3) is 6.48. The maximum atomic E-state index is 13.6. The summed E-state index contributed by atoms with van der Waals surface area (Å²) in [6.45, 7) is 2.30. The first-order chi connectivity index (χ1) is 19.4. The lowest BCUT2D eigenvalue weighted by Crippen LogP contribution is -2.49. The van der Waals surface area contributed by atoms with Gasteiger partial charge in [-0.25, -0.2) is 4.39 Å². The van der Waals surface area contributed by atoms with E-state index in [1.807, 2.05) is 24.3 Å². The Labute approximate surface area is 233 Å². The molecule has 9 heteroatoms. The van der Waals surface area contributed by atoms with Crippen LogP contribution in [0.2, 0.25) is 0 Å². The number of aliphatic hydroxyl groups excluding tert-OH is 1. The summed E-state index contributed by atoms with van der Waals surface area (Å²) >= 11 is 0. The third-order valence-electron chi connectivity index (χ3n) is 7.52. The van der Waals surface area contributed by atoms with Gasteiger partial charge in [0.05, 0.1) is 12.7 Å². The second-order valence-electron chi connectivity index (χ2n) is 10.4. The van der Waals surface area contributed by atoms with Gasteiger partial charge in [-0.05, 0) is 48.0 Å². The number of aliphatic hydroxyl groups is 1. The Kier molecular flexibility index (Phi) is 8.42. The molecule has 0 aliphatic carbocycles. The largest absolute Gasteiger partial charge is 0.497 e. The summed E-state index contributed by atoms with van der Waals surface area (Å²) in [7, 11) is 3.18. The van der Waals surface area contributed by atoms with Gasteiger partial charge in [-0.3, -0.25) is 4.79 Å². The van der Waals surface area contributed by atoms with Crippen molar-refractivity contribution in [3.63, 3.8) is 0 Å². The predicted octanol–water partition coefficient (Wildman–Crippen LogP) is 3.98. The monoisotopic (exact) mass is 550 g/mol. The van der Waals surface area contributed by atoms with Crippen LogP contribution in [0.4, 0.5) is 4.39 Å². The summed E-state index contributed by atoms with van der Waals surface area (Å²) in [6, 6.07) is 17.3. The lowest BCUT2D eigenvalue weighted by molar-refractivity contribution is -0.00201. The quantitative estimate of drug-likeness (QED) is 0.395. The zero-order valence-electron chi connectivity index (χ0n) is 22.8. The van der Waals surface area contributed by atoms with Crippen LogP contribution in [0.5, 0.6) is 23.0 Å². The number of carbonyl (C=O) groups excluding carboxylic acids is 1. The lowest BCUT2D eigenvalue weighted by Gasteiger charge is -2.39. The van der Waals surface area contributed by atoms with Crippen molar-refractivity contribution in [1.29, 1.82) is 0 Å². The molecule has 1 fully saturated rings. The Hall–Kier alpha value is -3.82. The molecule has 1 spiro atoms. The number of hydrogen-bond acceptors (Lipinski definition) is 7. The number of β-amino-alcohol motifs (C(OH)–C–C–N with tert-alkyl or cyclic N) is 1. The van der Waals surface area contributed by atoms with Gasteiger partial charge in [0.15, 0.2) is 0 Å². The van der Waals surface area contributed by atoms with E-state index in [1.165, 1.54) is 6.07 Å². The number of halogens is 1. The molecule has 2 aliphatic rings. The van der Waals surface area contributed by atoms with E-state index in [1.54, 1.807) is 44.5 Å². The maximum Gasteiger partial charge on any atom is 0.254 e. The topological polar surface area (TPSA) is 89.5 Å². The molecule has 1 saturated heterocycles. The lowest BCUT2D eigenvalue weighted by atomic mass is 9.87. The van der Waals surface area contributed by atoms with E-state index in [0.717, 1.165) is 48.6 Å². The summed E-state index contributed by atoms with van der Waals surface area (Å²) in [5.41, 5.74) is 1.95. The molecule has 5 rings (SSSR count). The van der Waals surface area contributed by atoms with Crippen molar-refractivity contribution in [2.75, 3.05) is 40.4 Å². The number of benzene rings is 3. The zero-order chi connectivity index (χ0) is 28.1. The Morgan fingerprint density at radius 1 is 1.07 bits per heavy atom. The molecule has 0 radical (unpaired) electrons. The minimum absolute atomic E-state index is 0.0226. The Morgan fingerprint density at radius 3 is 2.55 bits per heavy atom. The van der Waals surface area contributed by atoms with Gasteiger partial charge in [0.25, 0.3) is 5.91 Å². The highest BCUT2D eigenvalue weighted by atomic mass is 19.1. The number of carbonyl (C=O) groups is 1. The fourth-order valence-electron chi connectivity index (χ4n) is 5.28. The molecule has 0 unspecified atom stereocenters. The van der Waals surface area contributed by atoms with Crippen molar-refractivity contribution >= 4 is 5.91 Å². The van der Waals surface area contributed by atoms with Crippen molar-refractivity contribution in [2.45, 2.75) is 37.6 Å². The summed E-state index contributed by atoms with van der Waals surface area (Å²) in [4.78, 5) is 14.6. The van der Waals surface area contributed by atoms with Gasteiger partial charge in [-0.2, -0.15) is 0 Å². The zero-order valence-corrected chi connectivity index (χ0v) is 22.8. The van der Waals surface area contributed by atoms with Gasteiger partial charge >= 0.3 is 0 Å². The summed E-state index contributed by atoms with van der Waals surface area (Å²) in [5, 5.41) is 13.4. The number of hydrogen-bond donors (Lipinski definition) is 2. The van der Waals surface area contributed by atoms with Crippen molar-refractivity contribution in [2.24, 2.45) is 0 Å². The minimum Gasteiger partial charge on any atom is -0.497 e. The average Bonchev–Trinajstić information content (AvgIpc) is 3.33. The number of likely N-dealkylation sites (tertiary alicyclic amines) is 1. The van der Waals surface area contributed by atoms with Crippen molar-refractivity contribution < 1.29 is 33.2 Å². The van der Waals surface area contributed by atoms with Crippen LogP contribution in [0.25, 0.3) is 0 Å². The van der Waals surface area contributed by atoms with Crippen LogP contribution in [0, 0.1) is 5.82 Å². The second-order valence-corrected chi connectivity index (χ2v) is 10.4. The molecule has 3 aromatic rings. The van der Waals surface area contributed by atoms with Gasteiger partial charge in [0.1, 0.15) is 53.7 Å². The number of amides is 1. The molecule has 0 bridgehead atoms. The molecule has 1 atom stereocenters. The molecular weight excluding hydrogens is 515 g/mol. The normalized spacial score (nSPS) is 16.6. The Balaban J connectivity index is 1.14. The number of nitrogens with one attached hydrogen (secondary N) is 1. The SMILES string of the molecule is CNC(=O)c1ccc(OCc2ccc(OC)cc2)cc1OC[C@@H](O)CN1CCC2(CC1)Cc1cc(F)ccc1O2. The average molecular weight is 551 g/mol. The molecule has 3 aromatic carbocycles. The number of methoxy groups -OCH3 is 1. The maximum absolute atomic E-state index is 13.6. The van der Waals surface area contributed by atoms with Crippen LogP contribution in [-0.2, 0) is 13.0 Å². The fourth-order valence-corrected chi connectivity index (χ4v) is 5.28. The first kappa shape index (κ1) is 27.7. The summed E-state index contributed by atoms with van der Waals surface area (Å²) in [6.07, 6.45) is 1.54. The minimum atomic E-state index is -0.758. The molecule has 8 nitrogen and oxygen atoms in total. The standard InChI is InChI=1S/C31H35FN2O6/c1-33-30(36)27-9-8-26(38-19-21-3-6-25(37-2)7-4-21)16-29(27)39-20-24(35)18-34-13-11-31(12-14-34)17-22-15-23(32)5-10-28(22)40-31/h3-10,15-16,24,35H,11-14,17-20H2,1-2H3,(H,33,36)/t24-/m0/s1. The summed E-state index contributed by atoms with van der Waals surface area (Å²) < 4.78 is 36.9. The first-order valence-electron chi connectivity index (χ1n) is 13.5. The van der Waals surface area contributed by atoms with Crippen LogP contribution in [0.1, 0.15) is 34.3 Å². The van der Waals surface area contributed by atoms with Crippen LogP contribution in [0.15, 0.2) is 60.7 Å². The molecule has 2 N–H and O–H groups in total. The highest BCUT2D eigenvalue weighted by Crippen LogP contribution is 2.41. The number of piperidine rings is 1. The van der Waals surface area contributed by atoms with Crippen LogP contribution >= 0.6 is 0 Å². The Bertz CT molecular complexity index is 1320. The molecule has 212 valence electrons. The smallest absolute Gasteiger partial charge is 0.254 e. The molecule has 2 heterocycles. The van der Waals surface area contributed by atoms with Gasteiger partial charge in [-0.1, -0.05) is 12.1 Å². The molecular formula is C31H35FN2O6. The van der Waals surface area contributed by atoms with E-state index >= 15 is 0 Å². The van der Waals surface area contributed by atoms with E-state index in [9.17, 15) is 14.3 Å².